The number of piperidine rings is 1. The number of aromatic nitrogens is 3. The van der Waals surface area contributed by atoms with Crippen molar-refractivity contribution in [2.45, 2.75) is 12.8 Å². The summed E-state index contributed by atoms with van der Waals surface area (Å²) >= 11 is 0. The average molecular weight is 293 g/mol. The fraction of sp³-hybridized carbons (Fsp3) is 0.429. The summed E-state index contributed by atoms with van der Waals surface area (Å²) in [4.78, 5) is 6.36. The maximum atomic E-state index is 13.7. The molecule has 0 atom stereocenters. The molecule has 0 unspecified atom stereocenters. The third-order valence-electron chi connectivity index (χ3n) is 3.89. The highest BCUT2D eigenvalue weighted by molar-refractivity contribution is 5.57. The van der Waals surface area contributed by atoms with Crippen LogP contribution in [-0.4, -0.2) is 34.8 Å². The van der Waals surface area contributed by atoms with Crippen LogP contribution in [0.4, 0.5) is 14.7 Å². The molecule has 1 aliphatic heterocycles. The van der Waals surface area contributed by atoms with Crippen molar-refractivity contribution in [1.82, 2.24) is 15.2 Å². The van der Waals surface area contributed by atoms with E-state index in [2.05, 4.69) is 15.2 Å². The van der Waals surface area contributed by atoms with Crippen molar-refractivity contribution in [3.63, 3.8) is 0 Å². The van der Waals surface area contributed by atoms with Crippen LogP contribution in [-0.2, 0) is 0 Å². The van der Waals surface area contributed by atoms with Gasteiger partial charge in [0, 0.05) is 19.2 Å². The topological polar surface area (TPSA) is 70.8 Å². The fourth-order valence-electron chi connectivity index (χ4n) is 2.57. The Balaban J connectivity index is 1.77. The molecular formula is C14H17F2N5. The number of H-pyrrole nitrogens is 1. The summed E-state index contributed by atoms with van der Waals surface area (Å²) < 4.78 is 26.7. The summed E-state index contributed by atoms with van der Waals surface area (Å²) in [6.07, 6.45) is 2.01. The summed E-state index contributed by atoms with van der Waals surface area (Å²) in [5.74, 6) is 0.140. The molecular weight excluding hydrogens is 276 g/mol. The first kappa shape index (κ1) is 13.9. The van der Waals surface area contributed by atoms with Crippen LogP contribution >= 0.6 is 0 Å². The third-order valence-corrected chi connectivity index (χ3v) is 3.89. The van der Waals surface area contributed by atoms with Crippen LogP contribution in [0.1, 0.15) is 12.8 Å². The van der Waals surface area contributed by atoms with Crippen LogP contribution in [0.5, 0.6) is 0 Å². The highest BCUT2D eigenvalue weighted by atomic mass is 19.1. The number of hydrogen-bond donors (Lipinski definition) is 2. The molecule has 0 bridgehead atoms. The molecule has 3 rings (SSSR count). The maximum absolute atomic E-state index is 13.7. The van der Waals surface area contributed by atoms with E-state index in [1.807, 2.05) is 4.90 Å². The maximum Gasteiger partial charge on any atom is 0.245 e. The second-order valence-corrected chi connectivity index (χ2v) is 5.27. The zero-order chi connectivity index (χ0) is 14.8. The number of nitrogens with zero attached hydrogens (tertiary/aromatic N) is 3. The zero-order valence-corrected chi connectivity index (χ0v) is 11.5. The molecule has 2 aromatic rings. The van der Waals surface area contributed by atoms with Gasteiger partial charge in [-0.05, 0) is 37.4 Å². The smallest absolute Gasteiger partial charge is 0.245 e. The van der Waals surface area contributed by atoms with E-state index in [1.54, 1.807) is 0 Å². The van der Waals surface area contributed by atoms with Gasteiger partial charge in [-0.2, -0.15) is 4.98 Å². The van der Waals surface area contributed by atoms with Crippen molar-refractivity contribution in [3.05, 3.63) is 29.8 Å². The van der Waals surface area contributed by atoms with E-state index < -0.39 is 11.6 Å². The lowest BCUT2D eigenvalue weighted by Crippen LogP contribution is -2.36. The molecule has 0 spiro atoms. The Hall–Kier alpha value is -2.02. The summed E-state index contributed by atoms with van der Waals surface area (Å²) in [6.45, 7) is 2.38. The minimum atomic E-state index is -0.653. The van der Waals surface area contributed by atoms with Gasteiger partial charge in [-0.25, -0.2) is 8.78 Å². The quantitative estimate of drug-likeness (QED) is 0.907. The molecule has 1 aromatic carbocycles. The van der Waals surface area contributed by atoms with E-state index in [0.29, 0.717) is 24.2 Å². The molecule has 2 heterocycles. The van der Waals surface area contributed by atoms with Gasteiger partial charge in [0.1, 0.15) is 11.6 Å². The minimum absolute atomic E-state index is 0.215. The monoisotopic (exact) mass is 293 g/mol. The SMILES string of the molecule is NCC1CCN(c2n[nH]c(-c3ccc(F)cc3F)n2)CC1. The molecule has 1 aliphatic rings. The van der Waals surface area contributed by atoms with E-state index in [0.717, 1.165) is 32.0 Å². The number of anilines is 1. The summed E-state index contributed by atoms with van der Waals surface area (Å²) in [5, 5.41) is 6.84. The van der Waals surface area contributed by atoms with Gasteiger partial charge in [0.05, 0.1) is 5.56 Å². The normalized spacial score (nSPS) is 16.4. The second kappa shape index (κ2) is 5.77. The Morgan fingerprint density at radius 3 is 2.71 bits per heavy atom. The molecule has 1 fully saturated rings. The van der Waals surface area contributed by atoms with Gasteiger partial charge in [0.25, 0.3) is 0 Å². The van der Waals surface area contributed by atoms with Gasteiger partial charge in [-0.3, -0.25) is 5.10 Å². The van der Waals surface area contributed by atoms with E-state index in [4.69, 9.17) is 5.73 Å². The summed E-state index contributed by atoms with van der Waals surface area (Å²) in [7, 11) is 0. The van der Waals surface area contributed by atoms with Crippen LogP contribution in [0.3, 0.4) is 0 Å². The molecule has 1 aromatic heterocycles. The lowest BCUT2D eigenvalue weighted by Gasteiger charge is -2.30. The number of halogens is 2. The number of rotatable bonds is 3. The fourth-order valence-corrected chi connectivity index (χ4v) is 2.57. The highest BCUT2D eigenvalue weighted by Crippen LogP contribution is 2.24. The van der Waals surface area contributed by atoms with Crippen molar-refractivity contribution in [2.24, 2.45) is 11.7 Å². The Morgan fingerprint density at radius 2 is 2.05 bits per heavy atom. The van der Waals surface area contributed by atoms with Crippen LogP contribution in [0.2, 0.25) is 0 Å². The number of nitrogens with one attached hydrogen (secondary N) is 1. The first-order chi connectivity index (χ1) is 10.2. The number of benzene rings is 1. The van der Waals surface area contributed by atoms with Gasteiger partial charge in [0.2, 0.25) is 5.95 Å². The third kappa shape index (κ3) is 2.87. The summed E-state index contributed by atoms with van der Waals surface area (Å²) in [5.41, 5.74) is 5.88. The lowest BCUT2D eigenvalue weighted by atomic mass is 9.97. The van der Waals surface area contributed by atoms with Crippen LogP contribution < -0.4 is 10.6 Å². The Bertz CT molecular complexity index is 620. The van der Waals surface area contributed by atoms with E-state index in [1.165, 1.54) is 12.1 Å². The van der Waals surface area contributed by atoms with Gasteiger partial charge in [0.15, 0.2) is 5.82 Å². The molecule has 1 saturated heterocycles. The largest absolute Gasteiger partial charge is 0.340 e. The predicted molar refractivity (Wildman–Crippen MR) is 75.7 cm³/mol. The van der Waals surface area contributed by atoms with Gasteiger partial charge in [-0.15, -0.1) is 5.10 Å². The van der Waals surface area contributed by atoms with Crippen LogP contribution in [0.25, 0.3) is 11.4 Å². The van der Waals surface area contributed by atoms with E-state index >= 15 is 0 Å². The number of nitrogens with two attached hydrogens (primary N) is 1. The second-order valence-electron chi connectivity index (χ2n) is 5.27. The highest BCUT2D eigenvalue weighted by Gasteiger charge is 2.21. The Morgan fingerprint density at radius 1 is 1.29 bits per heavy atom. The predicted octanol–water partition coefficient (Wildman–Crippen LogP) is 1.92. The molecule has 21 heavy (non-hydrogen) atoms. The van der Waals surface area contributed by atoms with Gasteiger partial charge in [-0.1, -0.05) is 0 Å². The van der Waals surface area contributed by atoms with Crippen molar-refractivity contribution in [1.29, 1.82) is 0 Å². The first-order valence-corrected chi connectivity index (χ1v) is 7.00. The molecule has 0 saturated carbocycles. The standard InChI is InChI=1S/C14H17F2N5/c15-10-1-2-11(12(16)7-10)13-18-14(20-19-13)21-5-3-9(8-17)4-6-21/h1-2,7,9H,3-6,8,17H2,(H,18,19,20). The molecule has 7 heteroatoms. The Labute approximate surface area is 121 Å². The Kier molecular flexibility index (Phi) is 3.83. The minimum Gasteiger partial charge on any atom is -0.340 e. The van der Waals surface area contributed by atoms with Crippen molar-refractivity contribution in [3.8, 4) is 11.4 Å². The molecule has 0 amide bonds. The van der Waals surface area contributed by atoms with Crippen LogP contribution in [0, 0.1) is 17.6 Å². The van der Waals surface area contributed by atoms with E-state index in [-0.39, 0.29) is 5.56 Å². The molecule has 0 radical (unpaired) electrons. The first-order valence-electron chi connectivity index (χ1n) is 7.00. The van der Waals surface area contributed by atoms with Crippen molar-refractivity contribution in [2.75, 3.05) is 24.5 Å². The molecule has 0 aliphatic carbocycles. The lowest BCUT2D eigenvalue weighted by molar-refractivity contribution is 0.411. The van der Waals surface area contributed by atoms with Crippen molar-refractivity contribution >= 4 is 5.95 Å². The van der Waals surface area contributed by atoms with E-state index in [9.17, 15) is 8.78 Å². The summed E-state index contributed by atoms with van der Waals surface area (Å²) in [6, 6.07) is 3.40. The zero-order valence-electron chi connectivity index (χ0n) is 11.5. The molecule has 112 valence electrons. The van der Waals surface area contributed by atoms with Crippen molar-refractivity contribution < 1.29 is 8.78 Å². The number of aromatic amines is 1. The molecule has 3 N–H and O–H groups in total. The molecule has 5 nitrogen and oxygen atoms in total. The van der Waals surface area contributed by atoms with Gasteiger partial charge >= 0.3 is 0 Å². The van der Waals surface area contributed by atoms with Crippen LogP contribution in [0.15, 0.2) is 18.2 Å². The average Bonchev–Trinajstić information content (AvgIpc) is 2.97. The van der Waals surface area contributed by atoms with Gasteiger partial charge < -0.3 is 10.6 Å². The number of hydrogen-bond acceptors (Lipinski definition) is 4.